The predicted octanol–water partition coefficient (Wildman–Crippen LogP) is 6.89. The number of alkyl halides is 3. The molecule has 0 fully saturated rings. The summed E-state index contributed by atoms with van der Waals surface area (Å²) in [6.45, 7) is 3.93. The van der Waals surface area contributed by atoms with Gasteiger partial charge in [0.05, 0.1) is 28.2 Å². The van der Waals surface area contributed by atoms with Crippen LogP contribution >= 0.6 is 0 Å². The van der Waals surface area contributed by atoms with Crippen LogP contribution < -0.4 is 10.3 Å². The molecule has 5 rings (SSSR count). The van der Waals surface area contributed by atoms with Crippen molar-refractivity contribution >= 4 is 34.7 Å². The Balaban J connectivity index is 1.57. The molecule has 1 aliphatic heterocycles. The molecule has 0 radical (unpaired) electrons. The topological polar surface area (TPSA) is 102 Å². The highest BCUT2D eigenvalue weighted by Crippen LogP contribution is 2.41. The van der Waals surface area contributed by atoms with Gasteiger partial charge < -0.3 is 10.2 Å². The molecule has 4 aromatic carbocycles. The molecule has 0 unspecified atom stereocenters. The molecule has 7 nitrogen and oxygen atoms in total. The van der Waals surface area contributed by atoms with E-state index in [9.17, 15) is 33.0 Å². The van der Waals surface area contributed by atoms with Gasteiger partial charge in [-0.1, -0.05) is 36.4 Å². The van der Waals surface area contributed by atoms with E-state index in [-0.39, 0.29) is 39.7 Å². The van der Waals surface area contributed by atoms with Crippen molar-refractivity contribution < 1.29 is 33.0 Å². The van der Waals surface area contributed by atoms with Crippen LogP contribution in [0.3, 0.4) is 0 Å². The number of hydrogen-bond donors (Lipinski definition) is 3. The summed E-state index contributed by atoms with van der Waals surface area (Å²) in [4.78, 5) is 26.0. The van der Waals surface area contributed by atoms with Gasteiger partial charge in [-0.2, -0.15) is 18.3 Å². The summed E-state index contributed by atoms with van der Waals surface area (Å²) in [6, 6.07) is 18.8. The predicted molar refractivity (Wildman–Crippen MR) is 145 cm³/mol. The summed E-state index contributed by atoms with van der Waals surface area (Å²) in [5.74, 6) is -2.15. The van der Waals surface area contributed by atoms with E-state index in [1.165, 1.54) is 24.3 Å². The number of phenols is 1. The van der Waals surface area contributed by atoms with Crippen LogP contribution in [-0.2, 0) is 11.0 Å². The molecule has 40 heavy (non-hydrogen) atoms. The zero-order chi connectivity index (χ0) is 28.8. The van der Waals surface area contributed by atoms with E-state index in [4.69, 9.17) is 0 Å². The first-order valence-corrected chi connectivity index (χ1v) is 12.1. The highest BCUT2D eigenvalue weighted by Gasteiger charge is 2.39. The number of nitrogens with zero attached hydrogens (tertiary/aromatic N) is 2. The zero-order valence-corrected chi connectivity index (χ0v) is 21.2. The van der Waals surface area contributed by atoms with Crippen molar-refractivity contribution in [3.63, 3.8) is 0 Å². The van der Waals surface area contributed by atoms with Crippen LogP contribution in [-0.4, -0.2) is 27.8 Å². The van der Waals surface area contributed by atoms with E-state index in [1.807, 2.05) is 32.0 Å². The van der Waals surface area contributed by atoms with Gasteiger partial charge in [-0.3, -0.25) is 15.1 Å². The van der Waals surface area contributed by atoms with Gasteiger partial charge in [-0.05, 0) is 73.0 Å². The molecule has 0 spiro atoms. The van der Waals surface area contributed by atoms with E-state index in [0.29, 0.717) is 5.56 Å². The second-order valence-corrected chi connectivity index (χ2v) is 9.30. The van der Waals surface area contributed by atoms with E-state index in [1.54, 1.807) is 18.2 Å². The van der Waals surface area contributed by atoms with Gasteiger partial charge in [0.1, 0.15) is 5.75 Å². The summed E-state index contributed by atoms with van der Waals surface area (Å²) < 4.78 is 40.6. The number of aromatic carboxylic acids is 1. The summed E-state index contributed by atoms with van der Waals surface area (Å²) >= 11 is 0. The molecule has 0 saturated heterocycles. The third kappa shape index (κ3) is 4.75. The van der Waals surface area contributed by atoms with Crippen LogP contribution in [0.2, 0.25) is 0 Å². The number of amides is 1. The number of benzene rings is 4. The Morgan fingerprint density at radius 2 is 1.65 bits per heavy atom. The van der Waals surface area contributed by atoms with Crippen LogP contribution in [0.1, 0.15) is 32.6 Å². The van der Waals surface area contributed by atoms with Crippen LogP contribution in [0.15, 0.2) is 84.0 Å². The van der Waals surface area contributed by atoms with Crippen molar-refractivity contribution in [3.8, 4) is 16.9 Å². The van der Waals surface area contributed by atoms with Crippen LogP contribution in [0.5, 0.6) is 5.75 Å². The Bertz CT molecular complexity index is 1710. The number of carbonyl (C=O) groups excluding carboxylic acids is 1. The normalized spacial score (nSPS) is 14.0. The number of para-hydroxylation sites is 1. The Morgan fingerprint density at radius 1 is 0.900 bits per heavy atom. The highest BCUT2D eigenvalue weighted by molar-refractivity contribution is 6.55. The molecule has 202 valence electrons. The SMILES string of the molecule is Cc1ccc(-c2cccc(NN=C3C(=O)N(c4cccc(C(=O)O)c4)c4cc(C(F)(F)F)ccc43)c2O)cc1C. The number of carbonyl (C=O) groups is 2. The minimum absolute atomic E-state index is 0.0651. The summed E-state index contributed by atoms with van der Waals surface area (Å²) in [6.07, 6.45) is -4.68. The van der Waals surface area contributed by atoms with Gasteiger partial charge in [0.25, 0.3) is 5.91 Å². The fraction of sp³-hybridized carbons (Fsp3) is 0.100. The quantitative estimate of drug-likeness (QED) is 0.187. The first-order chi connectivity index (χ1) is 19.0. The second kappa shape index (κ2) is 9.88. The molecule has 3 N–H and O–H groups in total. The lowest BCUT2D eigenvalue weighted by atomic mass is 9.99. The lowest BCUT2D eigenvalue weighted by Gasteiger charge is -2.18. The Morgan fingerprint density at radius 3 is 2.35 bits per heavy atom. The average molecular weight is 546 g/mol. The Hall–Kier alpha value is -5.12. The van der Waals surface area contributed by atoms with Crippen molar-refractivity contribution in [1.82, 2.24) is 0 Å². The number of aromatic hydroxyl groups is 1. The number of hydrogen-bond acceptors (Lipinski definition) is 5. The first-order valence-electron chi connectivity index (χ1n) is 12.1. The van der Waals surface area contributed by atoms with Gasteiger partial charge in [0.15, 0.2) is 5.71 Å². The number of aryl methyl sites for hydroxylation is 2. The third-order valence-electron chi connectivity index (χ3n) is 6.72. The smallest absolute Gasteiger partial charge is 0.416 e. The monoisotopic (exact) mass is 545 g/mol. The van der Waals surface area contributed by atoms with Gasteiger partial charge in [-0.15, -0.1) is 0 Å². The van der Waals surface area contributed by atoms with Gasteiger partial charge in [0.2, 0.25) is 0 Å². The number of anilines is 3. The third-order valence-corrected chi connectivity index (χ3v) is 6.72. The van der Waals surface area contributed by atoms with Crippen molar-refractivity contribution in [2.45, 2.75) is 20.0 Å². The van der Waals surface area contributed by atoms with Crippen molar-refractivity contribution in [3.05, 3.63) is 107 Å². The number of nitrogens with one attached hydrogen (secondary N) is 1. The highest BCUT2D eigenvalue weighted by atomic mass is 19.4. The Kier molecular flexibility index (Phi) is 6.54. The first kappa shape index (κ1) is 26.5. The van der Waals surface area contributed by atoms with Gasteiger partial charge >= 0.3 is 12.1 Å². The van der Waals surface area contributed by atoms with Crippen LogP contribution in [0.4, 0.5) is 30.2 Å². The van der Waals surface area contributed by atoms with Crippen LogP contribution in [0, 0.1) is 13.8 Å². The number of halogens is 3. The standard InChI is InChI=1S/C30H22F3N3O4/c1-16-9-10-18(13-17(16)2)22-7-4-8-24(27(22)37)34-35-26-23-12-11-20(30(31,32)33)15-25(23)36(28(26)38)21-6-3-5-19(14-21)29(39)40/h3-15,34,37H,1-2H3,(H,39,40). The minimum atomic E-state index is -4.68. The zero-order valence-electron chi connectivity index (χ0n) is 21.2. The van der Waals surface area contributed by atoms with E-state index >= 15 is 0 Å². The summed E-state index contributed by atoms with van der Waals surface area (Å²) in [5, 5.41) is 24.5. The number of rotatable bonds is 5. The fourth-order valence-electron chi connectivity index (χ4n) is 4.46. The largest absolute Gasteiger partial charge is 0.505 e. The van der Waals surface area contributed by atoms with E-state index in [2.05, 4.69) is 10.5 Å². The molecule has 1 aliphatic rings. The maximum absolute atomic E-state index is 13.5. The second-order valence-electron chi connectivity index (χ2n) is 9.30. The molecule has 0 aromatic heterocycles. The molecule has 0 aliphatic carbocycles. The molecule has 0 saturated carbocycles. The molecule has 0 atom stereocenters. The maximum atomic E-state index is 13.5. The van der Waals surface area contributed by atoms with E-state index < -0.39 is 23.6 Å². The number of carboxylic acid groups (broad SMARTS) is 1. The van der Waals surface area contributed by atoms with Gasteiger partial charge in [0, 0.05) is 11.1 Å². The summed E-state index contributed by atoms with van der Waals surface area (Å²) in [5.41, 5.74) is 5.02. The molecule has 1 amide bonds. The number of phenolic OH excluding ortho intramolecular Hbond substituents is 1. The molecular weight excluding hydrogens is 523 g/mol. The van der Waals surface area contributed by atoms with Crippen LogP contribution in [0.25, 0.3) is 11.1 Å². The van der Waals surface area contributed by atoms with E-state index in [0.717, 1.165) is 39.8 Å². The molecule has 0 bridgehead atoms. The molecule has 10 heteroatoms. The molecule has 4 aromatic rings. The number of carboxylic acids is 1. The lowest BCUT2D eigenvalue weighted by molar-refractivity contribution is -0.137. The minimum Gasteiger partial charge on any atom is -0.505 e. The van der Waals surface area contributed by atoms with Gasteiger partial charge in [-0.25, -0.2) is 4.79 Å². The maximum Gasteiger partial charge on any atom is 0.416 e. The lowest BCUT2D eigenvalue weighted by Crippen LogP contribution is -2.26. The van der Waals surface area contributed by atoms with Crippen molar-refractivity contribution in [1.29, 1.82) is 0 Å². The number of hydrazone groups is 1. The number of fused-ring (bicyclic) bond motifs is 1. The Labute approximate surface area is 226 Å². The van der Waals surface area contributed by atoms with Crippen molar-refractivity contribution in [2.75, 3.05) is 10.3 Å². The van der Waals surface area contributed by atoms with Crippen molar-refractivity contribution in [2.24, 2.45) is 5.10 Å². The average Bonchev–Trinajstić information content (AvgIpc) is 3.19. The summed E-state index contributed by atoms with van der Waals surface area (Å²) in [7, 11) is 0. The fourth-order valence-corrected chi connectivity index (χ4v) is 4.46. The molecule has 1 heterocycles. The molecular formula is C30H22F3N3O4.